The molecule has 2 unspecified atom stereocenters. The van der Waals surface area contributed by atoms with E-state index in [1.165, 1.54) is 5.56 Å². The molecule has 1 aromatic rings. The number of carbonyl (C=O) groups is 1. The summed E-state index contributed by atoms with van der Waals surface area (Å²) in [5.74, 6) is -0.0168. The summed E-state index contributed by atoms with van der Waals surface area (Å²) in [6.45, 7) is 4.65. The molecule has 4 nitrogen and oxygen atoms in total. The molecular weight excluding hydrogens is 228 g/mol. The molecular formula is C14H20N2O2. The standard InChI is InChI=1S/C14H20N2O2/c1-10-4-6-12(7-5-10)16-8-11(2)15(3)14(18)13(16)9-17/h4-7,11,13,17H,8-9H2,1-3H3. The van der Waals surface area contributed by atoms with Gasteiger partial charge in [0.15, 0.2) is 0 Å². The molecule has 0 aromatic heterocycles. The summed E-state index contributed by atoms with van der Waals surface area (Å²) in [4.78, 5) is 15.8. The summed E-state index contributed by atoms with van der Waals surface area (Å²) < 4.78 is 0. The van der Waals surface area contributed by atoms with Crippen molar-refractivity contribution < 1.29 is 9.90 Å². The molecule has 1 fully saturated rings. The molecule has 0 radical (unpaired) electrons. The van der Waals surface area contributed by atoms with Gasteiger partial charge in [-0.3, -0.25) is 4.79 Å². The Kier molecular flexibility index (Phi) is 3.57. The van der Waals surface area contributed by atoms with E-state index in [0.29, 0.717) is 0 Å². The van der Waals surface area contributed by atoms with Crippen LogP contribution in [0.15, 0.2) is 24.3 Å². The monoisotopic (exact) mass is 248 g/mol. The van der Waals surface area contributed by atoms with Gasteiger partial charge in [0.05, 0.1) is 6.61 Å². The second kappa shape index (κ2) is 4.98. The van der Waals surface area contributed by atoms with Crippen molar-refractivity contribution in [1.29, 1.82) is 0 Å². The van der Waals surface area contributed by atoms with Crippen LogP contribution in [0.1, 0.15) is 12.5 Å². The number of aliphatic hydroxyl groups excluding tert-OH is 1. The van der Waals surface area contributed by atoms with E-state index in [2.05, 4.69) is 0 Å². The van der Waals surface area contributed by atoms with E-state index in [1.807, 2.05) is 43.0 Å². The molecule has 1 amide bonds. The Hall–Kier alpha value is -1.55. The van der Waals surface area contributed by atoms with E-state index in [4.69, 9.17) is 0 Å². The van der Waals surface area contributed by atoms with E-state index in [0.717, 1.165) is 12.2 Å². The van der Waals surface area contributed by atoms with Crippen LogP contribution in [0.3, 0.4) is 0 Å². The van der Waals surface area contributed by atoms with Crippen LogP contribution in [-0.2, 0) is 4.79 Å². The third kappa shape index (κ3) is 2.20. The van der Waals surface area contributed by atoms with Crippen molar-refractivity contribution in [2.45, 2.75) is 25.9 Å². The number of hydrogen-bond acceptors (Lipinski definition) is 3. The first kappa shape index (κ1) is 12.9. The summed E-state index contributed by atoms with van der Waals surface area (Å²) in [7, 11) is 1.79. The van der Waals surface area contributed by atoms with Gasteiger partial charge in [-0.2, -0.15) is 0 Å². The highest BCUT2D eigenvalue weighted by molar-refractivity contribution is 5.87. The van der Waals surface area contributed by atoms with E-state index < -0.39 is 6.04 Å². The first-order valence-corrected chi connectivity index (χ1v) is 6.25. The van der Waals surface area contributed by atoms with Crippen LogP contribution in [0, 0.1) is 6.92 Å². The third-order valence-electron chi connectivity index (χ3n) is 3.67. The molecule has 18 heavy (non-hydrogen) atoms. The number of piperazine rings is 1. The van der Waals surface area contributed by atoms with Gasteiger partial charge in [-0.25, -0.2) is 0 Å². The highest BCUT2D eigenvalue weighted by Crippen LogP contribution is 2.23. The number of benzene rings is 1. The highest BCUT2D eigenvalue weighted by atomic mass is 16.3. The maximum absolute atomic E-state index is 12.1. The van der Waals surface area contributed by atoms with Crippen molar-refractivity contribution in [2.24, 2.45) is 0 Å². The molecule has 1 aromatic carbocycles. The van der Waals surface area contributed by atoms with Gasteiger partial charge in [0.25, 0.3) is 0 Å². The van der Waals surface area contributed by atoms with Crippen molar-refractivity contribution in [2.75, 3.05) is 25.1 Å². The fraction of sp³-hybridized carbons (Fsp3) is 0.500. The smallest absolute Gasteiger partial charge is 0.247 e. The van der Waals surface area contributed by atoms with Crippen LogP contribution in [0.5, 0.6) is 0 Å². The van der Waals surface area contributed by atoms with Crippen molar-refractivity contribution >= 4 is 11.6 Å². The van der Waals surface area contributed by atoms with Crippen LogP contribution in [0.25, 0.3) is 0 Å². The first-order chi connectivity index (χ1) is 8.54. The maximum Gasteiger partial charge on any atom is 0.247 e. The van der Waals surface area contributed by atoms with E-state index >= 15 is 0 Å². The van der Waals surface area contributed by atoms with Crippen LogP contribution in [-0.4, -0.2) is 48.2 Å². The molecule has 1 aliphatic rings. The maximum atomic E-state index is 12.1. The fourth-order valence-electron chi connectivity index (χ4n) is 2.32. The SMILES string of the molecule is Cc1ccc(N2CC(C)N(C)C(=O)C2CO)cc1. The zero-order chi connectivity index (χ0) is 13.3. The highest BCUT2D eigenvalue weighted by Gasteiger charge is 2.36. The van der Waals surface area contributed by atoms with Gasteiger partial charge in [-0.15, -0.1) is 0 Å². The van der Waals surface area contributed by atoms with E-state index in [9.17, 15) is 9.90 Å². The minimum atomic E-state index is -0.464. The van der Waals surface area contributed by atoms with Crippen LogP contribution >= 0.6 is 0 Å². The normalized spacial score (nSPS) is 24.6. The number of aliphatic hydroxyl groups is 1. The molecule has 1 N–H and O–H groups in total. The lowest BCUT2D eigenvalue weighted by Crippen LogP contribution is -2.61. The zero-order valence-electron chi connectivity index (χ0n) is 11.1. The van der Waals surface area contributed by atoms with Gasteiger partial charge in [0.2, 0.25) is 5.91 Å². The molecule has 0 aliphatic carbocycles. The number of likely N-dealkylation sites (N-methyl/N-ethyl adjacent to an activating group) is 1. The van der Waals surface area contributed by atoms with Gasteiger partial charge in [0, 0.05) is 25.3 Å². The number of amides is 1. The number of anilines is 1. The number of hydrogen-bond donors (Lipinski definition) is 1. The minimum Gasteiger partial charge on any atom is -0.394 e. The Morgan fingerprint density at radius 3 is 2.50 bits per heavy atom. The Labute approximate surface area is 108 Å². The van der Waals surface area contributed by atoms with Crippen LogP contribution in [0.4, 0.5) is 5.69 Å². The van der Waals surface area contributed by atoms with Gasteiger partial charge in [-0.1, -0.05) is 17.7 Å². The van der Waals surface area contributed by atoms with E-state index in [1.54, 1.807) is 11.9 Å². The summed E-state index contributed by atoms with van der Waals surface area (Å²) >= 11 is 0. The Morgan fingerprint density at radius 2 is 1.94 bits per heavy atom. The predicted octanol–water partition coefficient (Wildman–Crippen LogP) is 1.02. The van der Waals surface area contributed by atoms with Crippen LogP contribution in [0.2, 0.25) is 0 Å². The number of carbonyl (C=O) groups excluding carboxylic acids is 1. The molecule has 4 heteroatoms. The van der Waals surface area contributed by atoms with Crippen molar-refractivity contribution in [3.63, 3.8) is 0 Å². The fourth-order valence-corrected chi connectivity index (χ4v) is 2.32. The minimum absolute atomic E-state index is 0.0168. The second-order valence-corrected chi connectivity index (χ2v) is 4.98. The summed E-state index contributed by atoms with van der Waals surface area (Å²) in [5, 5.41) is 9.46. The molecule has 0 spiro atoms. The number of aryl methyl sites for hydroxylation is 1. The van der Waals surface area contributed by atoms with Crippen molar-refractivity contribution in [3.8, 4) is 0 Å². The lowest BCUT2D eigenvalue weighted by atomic mass is 10.1. The molecule has 0 bridgehead atoms. The van der Waals surface area contributed by atoms with Crippen LogP contribution < -0.4 is 4.90 Å². The molecule has 2 atom stereocenters. The summed E-state index contributed by atoms with van der Waals surface area (Å²) in [5.41, 5.74) is 2.18. The zero-order valence-corrected chi connectivity index (χ0v) is 11.1. The first-order valence-electron chi connectivity index (χ1n) is 6.25. The Morgan fingerprint density at radius 1 is 1.33 bits per heavy atom. The van der Waals surface area contributed by atoms with Gasteiger partial charge < -0.3 is 14.9 Å². The molecule has 0 saturated carbocycles. The molecule has 2 rings (SSSR count). The topological polar surface area (TPSA) is 43.8 Å². The summed E-state index contributed by atoms with van der Waals surface area (Å²) in [6.07, 6.45) is 0. The van der Waals surface area contributed by atoms with E-state index in [-0.39, 0.29) is 18.6 Å². The second-order valence-electron chi connectivity index (χ2n) is 4.98. The molecule has 98 valence electrons. The van der Waals surface area contributed by atoms with Crippen molar-refractivity contribution in [3.05, 3.63) is 29.8 Å². The quantitative estimate of drug-likeness (QED) is 0.850. The van der Waals surface area contributed by atoms with Crippen molar-refractivity contribution in [1.82, 2.24) is 4.90 Å². The number of nitrogens with zero attached hydrogens (tertiary/aromatic N) is 2. The molecule has 1 aliphatic heterocycles. The average molecular weight is 248 g/mol. The predicted molar refractivity (Wildman–Crippen MR) is 71.6 cm³/mol. The van der Waals surface area contributed by atoms with Gasteiger partial charge in [-0.05, 0) is 26.0 Å². The third-order valence-corrected chi connectivity index (χ3v) is 3.67. The van der Waals surface area contributed by atoms with Gasteiger partial charge in [0.1, 0.15) is 6.04 Å². The van der Waals surface area contributed by atoms with Gasteiger partial charge >= 0.3 is 0 Å². The average Bonchev–Trinajstić information content (AvgIpc) is 2.37. The lowest BCUT2D eigenvalue weighted by Gasteiger charge is -2.43. The largest absolute Gasteiger partial charge is 0.394 e. The lowest BCUT2D eigenvalue weighted by molar-refractivity contribution is -0.136. The Bertz CT molecular complexity index is 430. The molecule has 1 heterocycles. The Balaban J connectivity index is 2.30. The summed E-state index contributed by atoms with van der Waals surface area (Å²) in [6, 6.07) is 7.75. The number of rotatable bonds is 2. The molecule has 1 saturated heterocycles.